The summed E-state index contributed by atoms with van der Waals surface area (Å²) in [5.74, 6) is -1.60. The molecule has 1 saturated heterocycles. The Bertz CT molecular complexity index is 564. The molecule has 1 atom stereocenters. The summed E-state index contributed by atoms with van der Waals surface area (Å²) in [6.45, 7) is 0. The minimum absolute atomic E-state index is 0.0172. The summed E-state index contributed by atoms with van der Waals surface area (Å²) in [5.41, 5.74) is -0.259. The first kappa shape index (κ1) is 12.7. The molecular formula is C10H10N4O5. The number of hydrogen-bond acceptors (Lipinski definition) is 5. The normalized spacial score (nSPS) is 18.8. The van der Waals surface area contributed by atoms with Crippen molar-refractivity contribution in [3.63, 3.8) is 0 Å². The summed E-state index contributed by atoms with van der Waals surface area (Å²) in [4.78, 5) is 46.4. The van der Waals surface area contributed by atoms with E-state index < -0.39 is 22.8 Å². The van der Waals surface area contributed by atoms with Gasteiger partial charge in [0, 0.05) is 12.5 Å². The molecule has 0 radical (unpaired) electrons. The number of H-pyrrole nitrogens is 1. The number of amides is 3. The fourth-order valence-corrected chi connectivity index (χ4v) is 1.69. The zero-order valence-electron chi connectivity index (χ0n) is 9.63. The lowest BCUT2D eigenvalue weighted by Crippen LogP contribution is -2.52. The van der Waals surface area contributed by atoms with E-state index in [9.17, 15) is 24.5 Å². The van der Waals surface area contributed by atoms with Crippen LogP contribution in [0.3, 0.4) is 0 Å². The van der Waals surface area contributed by atoms with E-state index >= 15 is 0 Å². The fourth-order valence-electron chi connectivity index (χ4n) is 1.69. The smallest absolute Gasteiger partial charge is 0.287 e. The van der Waals surface area contributed by atoms with Crippen LogP contribution in [-0.2, 0) is 9.59 Å². The molecule has 0 spiro atoms. The third-order valence-corrected chi connectivity index (χ3v) is 2.67. The first-order chi connectivity index (χ1) is 8.97. The zero-order chi connectivity index (χ0) is 14.0. The Kier molecular flexibility index (Phi) is 3.27. The Morgan fingerprint density at radius 1 is 1.47 bits per heavy atom. The summed E-state index contributed by atoms with van der Waals surface area (Å²) in [5, 5.41) is 15.0. The van der Waals surface area contributed by atoms with Crippen molar-refractivity contribution in [2.75, 3.05) is 0 Å². The molecule has 0 aromatic carbocycles. The minimum atomic E-state index is -0.812. The van der Waals surface area contributed by atoms with Crippen molar-refractivity contribution < 1.29 is 19.3 Å². The number of carbonyl (C=O) groups is 3. The number of hydrogen-bond donors (Lipinski definition) is 3. The Labute approximate surface area is 106 Å². The van der Waals surface area contributed by atoms with E-state index in [4.69, 9.17) is 0 Å². The average molecular weight is 266 g/mol. The third kappa shape index (κ3) is 2.76. The first-order valence-electron chi connectivity index (χ1n) is 5.44. The van der Waals surface area contributed by atoms with Crippen LogP contribution in [0.2, 0.25) is 0 Å². The van der Waals surface area contributed by atoms with Gasteiger partial charge in [-0.15, -0.1) is 0 Å². The fraction of sp³-hybridized carbons (Fsp3) is 0.300. The molecule has 3 N–H and O–H groups in total. The van der Waals surface area contributed by atoms with Gasteiger partial charge in [0.05, 0.1) is 11.1 Å². The summed E-state index contributed by atoms with van der Waals surface area (Å²) in [6, 6.07) is 0.258. The molecule has 1 aromatic rings. The van der Waals surface area contributed by atoms with Crippen molar-refractivity contribution >= 4 is 23.4 Å². The molecule has 1 unspecified atom stereocenters. The number of nitrogens with zero attached hydrogens (tertiary/aromatic N) is 1. The SMILES string of the molecule is O=C1CCC(NC(=O)c2cc([N+](=O)[O-])c[nH]2)C(=O)N1. The average Bonchev–Trinajstić information content (AvgIpc) is 2.82. The number of imide groups is 1. The van der Waals surface area contributed by atoms with Crippen molar-refractivity contribution in [2.24, 2.45) is 0 Å². The highest BCUT2D eigenvalue weighted by molar-refractivity contribution is 6.03. The highest BCUT2D eigenvalue weighted by Crippen LogP contribution is 2.13. The standard InChI is InChI=1S/C10H10N4O5/c15-8-2-1-6(9(16)13-8)12-10(17)7-3-5(4-11-7)14(18)19/h3-4,6,11H,1-2H2,(H,12,17)(H,13,15,16). The maximum atomic E-state index is 11.7. The predicted molar refractivity (Wildman–Crippen MR) is 61.1 cm³/mol. The second kappa shape index (κ2) is 4.88. The summed E-state index contributed by atoms with van der Waals surface area (Å²) < 4.78 is 0. The molecule has 100 valence electrons. The highest BCUT2D eigenvalue weighted by atomic mass is 16.6. The Morgan fingerprint density at radius 2 is 2.21 bits per heavy atom. The molecule has 19 heavy (non-hydrogen) atoms. The highest BCUT2D eigenvalue weighted by Gasteiger charge is 2.28. The molecular weight excluding hydrogens is 256 g/mol. The number of nitro groups is 1. The van der Waals surface area contributed by atoms with E-state index in [1.54, 1.807) is 0 Å². The molecule has 1 aromatic heterocycles. The summed E-state index contributed by atoms with van der Waals surface area (Å²) in [6.07, 6.45) is 1.43. The molecule has 2 heterocycles. The molecule has 1 fully saturated rings. The van der Waals surface area contributed by atoms with Crippen molar-refractivity contribution in [2.45, 2.75) is 18.9 Å². The second-order valence-electron chi connectivity index (χ2n) is 4.01. The van der Waals surface area contributed by atoms with Crippen LogP contribution in [0.25, 0.3) is 0 Å². The van der Waals surface area contributed by atoms with Crippen molar-refractivity contribution in [1.82, 2.24) is 15.6 Å². The van der Waals surface area contributed by atoms with Gasteiger partial charge in [-0.2, -0.15) is 0 Å². The van der Waals surface area contributed by atoms with Gasteiger partial charge in [-0.05, 0) is 6.42 Å². The largest absolute Gasteiger partial charge is 0.351 e. The summed E-state index contributed by atoms with van der Waals surface area (Å²) >= 11 is 0. The minimum Gasteiger partial charge on any atom is -0.351 e. The topological polar surface area (TPSA) is 134 Å². The molecule has 9 heteroatoms. The lowest BCUT2D eigenvalue weighted by atomic mass is 10.1. The van der Waals surface area contributed by atoms with Crippen LogP contribution < -0.4 is 10.6 Å². The number of rotatable bonds is 3. The van der Waals surface area contributed by atoms with E-state index in [1.807, 2.05) is 0 Å². The van der Waals surface area contributed by atoms with Crippen molar-refractivity contribution in [3.05, 3.63) is 28.1 Å². The van der Waals surface area contributed by atoms with Gasteiger partial charge in [0.25, 0.3) is 11.6 Å². The number of carbonyl (C=O) groups excluding carboxylic acids is 3. The van der Waals surface area contributed by atoms with Gasteiger partial charge in [-0.3, -0.25) is 29.8 Å². The van der Waals surface area contributed by atoms with Gasteiger partial charge >= 0.3 is 0 Å². The van der Waals surface area contributed by atoms with Crippen LogP contribution in [0, 0.1) is 10.1 Å². The van der Waals surface area contributed by atoms with Crippen LogP contribution in [0.5, 0.6) is 0 Å². The predicted octanol–water partition coefficient (Wildman–Crippen LogP) is -0.542. The van der Waals surface area contributed by atoms with Crippen LogP contribution in [0.4, 0.5) is 5.69 Å². The van der Waals surface area contributed by atoms with E-state index in [0.717, 1.165) is 12.3 Å². The molecule has 1 aliphatic heterocycles. The zero-order valence-corrected chi connectivity index (χ0v) is 9.63. The van der Waals surface area contributed by atoms with E-state index in [-0.39, 0.29) is 30.1 Å². The van der Waals surface area contributed by atoms with Crippen molar-refractivity contribution in [1.29, 1.82) is 0 Å². The molecule has 0 aliphatic carbocycles. The van der Waals surface area contributed by atoms with E-state index in [1.165, 1.54) is 0 Å². The van der Waals surface area contributed by atoms with Gasteiger partial charge in [0.15, 0.2) is 0 Å². The first-order valence-corrected chi connectivity index (χ1v) is 5.44. The number of aromatic amines is 1. The lowest BCUT2D eigenvalue weighted by molar-refractivity contribution is -0.384. The molecule has 1 aliphatic rings. The van der Waals surface area contributed by atoms with Gasteiger partial charge in [-0.25, -0.2) is 0 Å². The Hall–Kier alpha value is -2.71. The lowest BCUT2D eigenvalue weighted by Gasteiger charge is -2.21. The maximum absolute atomic E-state index is 11.7. The van der Waals surface area contributed by atoms with Gasteiger partial charge in [0.2, 0.25) is 11.8 Å². The van der Waals surface area contributed by atoms with Crippen LogP contribution >= 0.6 is 0 Å². The van der Waals surface area contributed by atoms with Gasteiger partial charge < -0.3 is 10.3 Å². The van der Waals surface area contributed by atoms with E-state index in [2.05, 4.69) is 15.6 Å². The molecule has 0 saturated carbocycles. The van der Waals surface area contributed by atoms with Gasteiger partial charge in [-0.1, -0.05) is 0 Å². The molecule has 9 nitrogen and oxygen atoms in total. The van der Waals surface area contributed by atoms with Crippen LogP contribution in [0.1, 0.15) is 23.3 Å². The van der Waals surface area contributed by atoms with Crippen LogP contribution in [0.15, 0.2) is 12.3 Å². The van der Waals surface area contributed by atoms with Crippen molar-refractivity contribution in [3.8, 4) is 0 Å². The van der Waals surface area contributed by atoms with Crippen LogP contribution in [-0.4, -0.2) is 33.7 Å². The number of nitrogens with one attached hydrogen (secondary N) is 3. The molecule has 3 amide bonds. The number of aromatic nitrogens is 1. The van der Waals surface area contributed by atoms with E-state index in [0.29, 0.717) is 0 Å². The third-order valence-electron chi connectivity index (χ3n) is 2.67. The number of piperidine rings is 1. The quantitative estimate of drug-likeness (QED) is 0.383. The Balaban J connectivity index is 2.02. The summed E-state index contributed by atoms with van der Waals surface area (Å²) in [7, 11) is 0. The van der Waals surface area contributed by atoms with Gasteiger partial charge in [0.1, 0.15) is 11.7 Å². The molecule has 2 rings (SSSR count). The maximum Gasteiger partial charge on any atom is 0.287 e. The Morgan fingerprint density at radius 3 is 2.79 bits per heavy atom. The second-order valence-corrected chi connectivity index (χ2v) is 4.01. The molecule has 0 bridgehead atoms. The monoisotopic (exact) mass is 266 g/mol.